The molecule has 7 heteroatoms. The Morgan fingerprint density at radius 3 is 2.39 bits per heavy atom. The quantitative estimate of drug-likeness (QED) is 0.398. The molecule has 6 nitrogen and oxygen atoms in total. The number of hydrogen-bond acceptors (Lipinski definition) is 4. The fraction of sp³-hybridized carbons (Fsp3) is 0.345. The standard InChI is InChI=1S/C29H34N2O4S/c1-6-29(7-2)18-25(23-10-8-9-11-26(23)35-29)30-28(32)22-15-14-21(5)27(17-22)36(33,34)31-24-16-19(3)12-13-20(24)4/h8-17,25,31H,6-7,18H2,1-5H3,(H,30,32)/t25-/m1/s1. The second-order valence-corrected chi connectivity index (χ2v) is 11.3. The Balaban J connectivity index is 1.63. The average molecular weight is 507 g/mol. The summed E-state index contributed by atoms with van der Waals surface area (Å²) < 4.78 is 35.7. The van der Waals surface area contributed by atoms with Gasteiger partial charge in [0, 0.05) is 17.5 Å². The van der Waals surface area contributed by atoms with E-state index in [-0.39, 0.29) is 22.4 Å². The van der Waals surface area contributed by atoms with Gasteiger partial charge in [0.1, 0.15) is 11.4 Å². The molecule has 1 heterocycles. The zero-order chi connectivity index (χ0) is 26.1. The summed E-state index contributed by atoms with van der Waals surface area (Å²) in [4.78, 5) is 13.5. The van der Waals surface area contributed by atoms with Crippen molar-refractivity contribution in [3.05, 3.63) is 88.5 Å². The van der Waals surface area contributed by atoms with Crippen molar-refractivity contribution in [1.82, 2.24) is 5.32 Å². The minimum atomic E-state index is -3.90. The highest BCUT2D eigenvalue weighted by atomic mass is 32.2. The van der Waals surface area contributed by atoms with E-state index in [1.54, 1.807) is 25.1 Å². The Morgan fingerprint density at radius 1 is 0.972 bits per heavy atom. The number of rotatable bonds is 7. The molecule has 0 radical (unpaired) electrons. The topological polar surface area (TPSA) is 84.5 Å². The molecule has 1 aliphatic rings. The van der Waals surface area contributed by atoms with Gasteiger partial charge in [-0.2, -0.15) is 0 Å². The van der Waals surface area contributed by atoms with Gasteiger partial charge < -0.3 is 10.1 Å². The lowest BCUT2D eigenvalue weighted by molar-refractivity contribution is 0.0227. The molecular weight excluding hydrogens is 472 g/mol. The van der Waals surface area contributed by atoms with Crippen molar-refractivity contribution in [2.24, 2.45) is 0 Å². The van der Waals surface area contributed by atoms with E-state index < -0.39 is 10.0 Å². The summed E-state index contributed by atoms with van der Waals surface area (Å²) in [5.41, 5.74) is 3.74. The summed E-state index contributed by atoms with van der Waals surface area (Å²) in [6.07, 6.45) is 2.29. The van der Waals surface area contributed by atoms with E-state index in [9.17, 15) is 13.2 Å². The molecule has 1 aliphatic heterocycles. The molecule has 0 saturated carbocycles. The first kappa shape index (κ1) is 25.8. The highest BCUT2D eigenvalue weighted by Gasteiger charge is 2.39. The van der Waals surface area contributed by atoms with Crippen molar-refractivity contribution in [2.75, 3.05) is 4.72 Å². The molecule has 3 aromatic carbocycles. The highest BCUT2D eigenvalue weighted by molar-refractivity contribution is 7.92. The Labute approximate surface area is 214 Å². The van der Waals surface area contributed by atoms with Crippen LogP contribution in [-0.4, -0.2) is 19.9 Å². The van der Waals surface area contributed by atoms with Crippen LogP contribution in [-0.2, 0) is 10.0 Å². The lowest BCUT2D eigenvalue weighted by Crippen LogP contribution is -2.44. The largest absolute Gasteiger partial charge is 0.487 e. The van der Waals surface area contributed by atoms with E-state index in [0.717, 1.165) is 35.3 Å². The number of ether oxygens (including phenoxy) is 1. The Kier molecular flexibility index (Phi) is 7.14. The number of anilines is 1. The van der Waals surface area contributed by atoms with Gasteiger partial charge in [-0.1, -0.05) is 50.2 Å². The van der Waals surface area contributed by atoms with Crippen LogP contribution in [0.2, 0.25) is 0 Å². The van der Waals surface area contributed by atoms with E-state index >= 15 is 0 Å². The Morgan fingerprint density at radius 2 is 1.67 bits per heavy atom. The summed E-state index contributed by atoms with van der Waals surface area (Å²) >= 11 is 0. The first-order chi connectivity index (χ1) is 17.1. The van der Waals surface area contributed by atoms with Gasteiger partial charge in [0.25, 0.3) is 15.9 Å². The number of carbonyl (C=O) groups is 1. The van der Waals surface area contributed by atoms with Crippen molar-refractivity contribution >= 4 is 21.6 Å². The zero-order valence-electron chi connectivity index (χ0n) is 21.5. The maximum Gasteiger partial charge on any atom is 0.262 e. The van der Waals surface area contributed by atoms with E-state index in [2.05, 4.69) is 23.9 Å². The van der Waals surface area contributed by atoms with Crippen LogP contribution in [0.4, 0.5) is 5.69 Å². The normalized spacial score (nSPS) is 16.5. The number of carbonyl (C=O) groups excluding carboxylic acids is 1. The van der Waals surface area contributed by atoms with Gasteiger partial charge in [-0.25, -0.2) is 8.42 Å². The van der Waals surface area contributed by atoms with Crippen LogP contribution in [0.25, 0.3) is 0 Å². The van der Waals surface area contributed by atoms with Gasteiger partial charge in [-0.3, -0.25) is 9.52 Å². The second kappa shape index (κ2) is 9.97. The molecule has 0 unspecified atom stereocenters. The second-order valence-electron chi connectivity index (χ2n) is 9.66. The van der Waals surface area contributed by atoms with Crippen LogP contribution in [0.3, 0.4) is 0 Å². The number of aryl methyl sites for hydroxylation is 3. The molecule has 0 aliphatic carbocycles. The zero-order valence-corrected chi connectivity index (χ0v) is 22.3. The SMILES string of the molecule is CCC1(CC)C[C@@H](NC(=O)c2ccc(C)c(S(=O)(=O)Nc3cc(C)ccc3C)c2)c2ccccc2O1. The van der Waals surface area contributed by atoms with Gasteiger partial charge in [-0.15, -0.1) is 0 Å². The third-order valence-corrected chi connectivity index (χ3v) is 8.68. The fourth-order valence-corrected chi connectivity index (χ4v) is 6.14. The number of para-hydroxylation sites is 1. The number of hydrogen-bond donors (Lipinski definition) is 2. The van der Waals surface area contributed by atoms with Crippen molar-refractivity contribution in [3.63, 3.8) is 0 Å². The van der Waals surface area contributed by atoms with Gasteiger partial charge in [0.15, 0.2) is 0 Å². The molecule has 190 valence electrons. The van der Waals surface area contributed by atoms with Crippen molar-refractivity contribution in [1.29, 1.82) is 0 Å². The van der Waals surface area contributed by atoms with Crippen LogP contribution < -0.4 is 14.8 Å². The van der Waals surface area contributed by atoms with Crippen LogP contribution in [0.1, 0.15) is 71.8 Å². The number of sulfonamides is 1. The number of nitrogens with one attached hydrogen (secondary N) is 2. The third kappa shape index (κ3) is 5.12. The number of benzene rings is 3. The summed E-state index contributed by atoms with van der Waals surface area (Å²) in [7, 11) is -3.90. The first-order valence-electron chi connectivity index (χ1n) is 12.4. The lowest BCUT2D eigenvalue weighted by atomic mass is 9.83. The first-order valence-corrected chi connectivity index (χ1v) is 13.9. The lowest BCUT2D eigenvalue weighted by Gasteiger charge is -2.41. The van der Waals surface area contributed by atoms with Gasteiger partial charge in [0.2, 0.25) is 0 Å². The van der Waals surface area contributed by atoms with E-state index in [4.69, 9.17) is 4.74 Å². The van der Waals surface area contributed by atoms with Crippen LogP contribution in [0.15, 0.2) is 65.6 Å². The van der Waals surface area contributed by atoms with Crippen LogP contribution in [0, 0.1) is 20.8 Å². The monoisotopic (exact) mass is 506 g/mol. The highest BCUT2D eigenvalue weighted by Crippen LogP contribution is 2.42. The molecule has 36 heavy (non-hydrogen) atoms. The number of fused-ring (bicyclic) bond motifs is 1. The maximum atomic E-state index is 13.4. The minimum Gasteiger partial charge on any atom is -0.487 e. The van der Waals surface area contributed by atoms with Gasteiger partial charge in [-0.05, 0) is 74.6 Å². The van der Waals surface area contributed by atoms with Crippen LogP contribution >= 0.6 is 0 Å². The van der Waals surface area contributed by atoms with Gasteiger partial charge >= 0.3 is 0 Å². The molecule has 0 spiro atoms. The molecule has 1 amide bonds. The Bertz CT molecular complexity index is 1390. The molecule has 3 aromatic rings. The predicted octanol–water partition coefficient (Wildman–Crippen LogP) is 6.23. The molecule has 4 rings (SSSR count). The third-order valence-electron chi connectivity index (χ3n) is 7.17. The van der Waals surface area contributed by atoms with E-state index in [0.29, 0.717) is 23.2 Å². The smallest absolute Gasteiger partial charge is 0.262 e. The molecule has 0 fully saturated rings. The predicted molar refractivity (Wildman–Crippen MR) is 143 cm³/mol. The molecule has 0 bridgehead atoms. The summed E-state index contributed by atoms with van der Waals surface area (Å²) in [6.45, 7) is 9.68. The fourth-order valence-electron chi connectivity index (χ4n) is 4.75. The average Bonchev–Trinajstić information content (AvgIpc) is 2.86. The van der Waals surface area contributed by atoms with Crippen molar-refractivity contribution in [2.45, 2.75) is 70.4 Å². The molecule has 2 N–H and O–H groups in total. The molecule has 1 atom stereocenters. The van der Waals surface area contributed by atoms with Crippen LogP contribution in [0.5, 0.6) is 5.75 Å². The van der Waals surface area contributed by atoms with Crippen molar-refractivity contribution < 1.29 is 17.9 Å². The Hall–Kier alpha value is -3.32. The minimum absolute atomic E-state index is 0.0832. The van der Waals surface area contributed by atoms with Gasteiger partial charge in [0.05, 0.1) is 16.6 Å². The summed E-state index contributed by atoms with van der Waals surface area (Å²) in [5, 5.41) is 3.14. The van der Waals surface area contributed by atoms with E-state index in [1.165, 1.54) is 6.07 Å². The number of amides is 1. The maximum absolute atomic E-state index is 13.4. The summed E-state index contributed by atoms with van der Waals surface area (Å²) in [5.74, 6) is 0.462. The van der Waals surface area contributed by atoms with Crippen molar-refractivity contribution in [3.8, 4) is 5.75 Å². The molecular formula is C29H34N2O4S. The summed E-state index contributed by atoms with van der Waals surface area (Å²) in [6, 6.07) is 17.9. The van der Waals surface area contributed by atoms with E-state index in [1.807, 2.05) is 50.2 Å². The molecule has 0 saturated heterocycles. The molecule has 0 aromatic heterocycles.